The number of aliphatic carboxylic acids is 1. The Balaban J connectivity index is 0.000000845. The lowest BCUT2D eigenvalue weighted by atomic mass is 9.87. The molecule has 18 heteroatoms. The third kappa shape index (κ3) is 11.3. The van der Waals surface area contributed by atoms with Crippen LogP contribution in [0.3, 0.4) is 0 Å². The highest BCUT2D eigenvalue weighted by Gasteiger charge is 2.59. The standard InChI is InChI=1S/C34H40Cl2F4N4O3.C2HF3O2/c35-28-8-7-27(22-29(28)36)44(16-2-15-42-17-9-24(10-18-42)21-23-3-5-26(37)6-4-23)30(45)25-11-19-43(20-12-25)32(47)33(13-1-14-41-33)31(46)34(38,39)40;3-2(4,5)1(6)7/h3-8,22,24-25,41H,1-2,9-21H2;(H,6,7)/t33-;/m0./s1. The summed E-state index contributed by atoms with van der Waals surface area (Å²) in [5.41, 5.74) is -0.553. The van der Waals surface area contributed by atoms with Crippen LogP contribution in [0.15, 0.2) is 42.5 Å². The monoisotopic (exact) mass is 812 g/mol. The van der Waals surface area contributed by atoms with Gasteiger partial charge in [-0.2, -0.15) is 26.3 Å². The van der Waals surface area contributed by atoms with Crippen LogP contribution < -0.4 is 10.2 Å². The summed E-state index contributed by atoms with van der Waals surface area (Å²) >= 11 is 12.5. The molecule has 298 valence electrons. The number of halogens is 9. The number of benzene rings is 2. The molecule has 2 amide bonds. The summed E-state index contributed by atoms with van der Waals surface area (Å²) in [6.45, 7) is 3.40. The molecule has 0 radical (unpaired) electrons. The average Bonchev–Trinajstić information content (AvgIpc) is 3.63. The zero-order valence-electron chi connectivity index (χ0n) is 29.1. The molecule has 2 N–H and O–H groups in total. The lowest BCUT2D eigenvalue weighted by Gasteiger charge is -2.39. The number of nitrogens with one attached hydrogen (secondary N) is 1. The Morgan fingerprint density at radius 3 is 2.00 bits per heavy atom. The highest BCUT2D eigenvalue weighted by atomic mass is 35.5. The quantitative estimate of drug-likeness (QED) is 0.198. The molecule has 0 unspecified atom stereocenters. The minimum atomic E-state index is -5.14. The fourth-order valence-corrected chi connectivity index (χ4v) is 7.41. The van der Waals surface area contributed by atoms with E-state index in [-0.39, 0.29) is 57.0 Å². The van der Waals surface area contributed by atoms with Crippen molar-refractivity contribution in [1.29, 1.82) is 0 Å². The van der Waals surface area contributed by atoms with Crippen LogP contribution in [0.2, 0.25) is 10.0 Å². The van der Waals surface area contributed by atoms with Crippen LogP contribution in [0.4, 0.5) is 36.4 Å². The number of carboxylic acid groups (broad SMARTS) is 1. The van der Waals surface area contributed by atoms with Gasteiger partial charge in [0.15, 0.2) is 5.54 Å². The molecule has 3 fully saturated rings. The van der Waals surface area contributed by atoms with E-state index in [1.54, 1.807) is 23.1 Å². The van der Waals surface area contributed by atoms with Gasteiger partial charge in [0, 0.05) is 31.2 Å². The van der Waals surface area contributed by atoms with Crippen molar-refractivity contribution in [1.82, 2.24) is 15.1 Å². The highest BCUT2D eigenvalue weighted by Crippen LogP contribution is 2.34. The molecule has 0 aliphatic carbocycles. The lowest BCUT2D eigenvalue weighted by Crippen LogP contribution is -2.64. The Morgan fingerprint density at radius 2 is 1.48 bits per heavy atom. The van der Waals surface area contributed by atoms with Crippen molar-refractivity contribution in [3.63, 3.8) is 0 Å². The van der Waals surface area contributed by atoms with E-state index in [2.05, 4.69) is 10.2 Å². The minimum absolute atomic E-state index is 0.0753. The Hall–Kier alpha value is -3.47. The number of rotatable bonds is 10. The van der Waals surface area contributed by atoms with Gasteiger partial charge in [-0.15, -0.1) is 0 Å². The van der Waals surface area contributed by atoms with Crippen molar-refractivity contribution in [3.8, 4) is 0 Å². The van der Waals surface area contributed by atoms with Gasteiger partial charge in [-0.3, -0.25) is 19.7 Å². The topological polar surface area (TPSA) is 110 Å². The Morgan fingerprint density at radius 1 is 0.870 bits per heavy atom. The first-order valence-corrected chi connectivity index (χ1v) is 18.3. The number of carboxylic acids is 1. The second-order valence-corrected chi connectivity index (χ2v) is 14.5. The first kappa shape index (κ1) is 43.3. The molecule has 2 aromatic rings. The predicted molar refractivity (Wildman–Crippen MR) is 187 cm³/mol. The van der Waals surface area contributed by atoms with Crippen LogP contribution in [-0.2, 0) is 25.6 Å². The number of anilines is 1. The molecule has 1 atom stereocenters. The number of likely N-dealkylation sites (tertiary alicyclic amines) is 2. The number of amides is 2. The van der Waals surface area contributed by atoms with Gasteiger partial charge in [0.05, 0.1) is 10.0 Å². The second-order valence-electron chi connectivity index (χ2n) is 13.7. The van der Waals surface area contributed by atoms with Crippen LogP contribution in [0.25, 0.3) is 0 Å². The molecule has 3 heterocycles. The van der Waals surface area contributed by atoms with E-state index in [4.69, 9.17) is 33.1 Å². The van der Waals surface area contributed by atoms with Crippen molar-refractivity contribution < 1.29 is 55.0 Å². The molecule has 54 heavy (non-hydrogen) atoms. The van der Waals surface area contributed by atoms with E-state index in [0.717, 1.165) is 44.5 Å². The summed E-state index contributed by atoms with van der Waals surface area (Å²) in [5, 5.41) is 10.3. The fraction of sp³-hybridized carbons (Fsp3) is 0.556. The maximum Gasteiger partial charge on any atom is 0.490 e. The Labute approximate surface area is 317 Å². The zero-order valence-corrected chi connectivity index (χ0v) is 30.6. The Bertz CT molecular complexity index is 1620. The number of carbonyl (C=O) groups excluding carboxylic acids is 3. The van der Waals surface area contributed by atoms with Gasteiger partial charge in [-0.1, -0.05) is 35.3 Å². The molecular weight excluding hydrogens is 772 g/mol. The number of ketones is 1. The van der Waals surface area contributed by atoms with E-state index in [9.17, 15) is 45.1 Å². The summed E-state index contributed by atoms with van der Waals surface area (Å²) in [7, 11) is 0. The molecule has 3 aliphatic rings. The third-order valence-electron chi connectivity index (χ3n) is 10.0. The predicted octanol–water partition coefficient (Wildman–Crippen LogP) is 6.94. The van der Waals surface area contributed by atoms with Crippen molar-refractivity contribution >= 4 is 52.5 Å². The van der Waals surface area contributed by atoms with Gasteiger partial charge < -0.3 is 19.8 Å². The molecule has 0 aromatic heterocycles. The van der Waals surface area contributed by atoms with Gasteiger partial charge in [-0.25, -0.2) is 9.18 Å². The van der Waals surface area contributed by atoms with Crippen molar-refractivity contribution in [2.45, 2.75) is 69.3 Å². The summed E-state index contributed by atoms with van der Waals surface area (Å²) in [6, 6.07) is 11.7. The van der Waals surface area contributed by atoms with E-state index < -0.39 is 41.5 Å². The summed E-state index contributed by atoms with van der Waals surface area (Å²) in [4.78, 5) is 53.9. The molecule has 5 rings (SSSR count). The fourth-order valence-electron chi connectivity index (χ4n) is 7.12. The van der Waals surface area contributed by atoms with Crippen LogP contribution in [0, 0.1) is 17.7 Å². The third-order valence-corrected chi connectivity index (χ3v) is 10.8. The van der Waals surface area contributed by atoms with Gasteiger partial charge in [0.2, 0.25) is 5.91 Å². The van der Waals surface area contributed by atoms with Crippen LogP contribution in [-0.4, -0.2) is 102 Å². The molecular formula is C36H41Cl2F7N4O5. The largest absolute Gasteiger partial charge is 0.490 e. The smallest absolute Gasteiger partial charge is 0.475 e. The van der Waals surface area contributed by atoms with Gasteiger partial charge in [0.1, 0.15) is 5.82 Å². The van der Waals surface area contributed by atoms with E-state index in [1.165, 1.54) is 17.0 Å². The number of carbonyl (C=O) groups is 4. The SMILES string of the molecule is O=C(C1CCN(C(=O)[C@@]2(C(=O)C(F)(F)F)CCCN2)CC1)N(CCCN1CCC(Cc2ccc(F)cc2)CC1)c1ccc(Cl)c(Cl)c1.O=C(O)C(F)(F)F. The maximum absolute atomic E-state index is 13.9. The van der Waals surface area contributed by atoms with E-state index >= 15 is 0 Å². The first-order chi connectivity index (χ1) is 25.3. The molecule has 0 spiro atoms. The highest BCUT2D eigenvalue weighted by molar-refractivity contribution is 6.42. The molecule has 3 saturated heterocycles. The summed E-state index contributed by atoms with van der Waals surface area (Å²) in [6.07, 6.45) is -5.91. The summed E-state index contributed by atoms with van der Waals surface area (Å²) < 4.78 is 85.3. The van der Waals surface area contributed by atoms with Crippen molar-refractivity contribution in [2.75, 3.05) is 50.7 Å². The molecule has 0 bridgehead atoms. The van der Waals surface area contributed by atoms with Crippen molar-refractivity contribution in [3.05, 3.63) is 63.9 Å². The Kier molecular flexibility index (Phi) is 14.8. The molecule has 0 saturated carbocycles. The van der Waals surface area contributed by atoms with Crippen molar-refractivity contribution in [2.24, 2.45) is 11.8 Å². The van der Waals surface area contributed by atoms with Gasteiger partial charge in [0.25, 0.3) is 11.7 Å². The van der Waals surface area contributed by atoms with E-state index in [0.29, 0.717) is 34.6 Å². The normalized spacial score (nSPS) is 20.3. The molecule has 2 aromatic carbocycles. The number of hydrogen-bond donors (Lipinski definition) is 2. The molecule has 9 nitrogen and oxygen atoms in total. The minimum Gasteiger partial charge on any atom is -0.475 e. The molecule has 3 aliphatic heterocycles. The number of Topliss-reactive ketones (excluding diaryl/α,β-unsaturated/α-hetero) is 1. The number of nitrogens with zero attached hydrogens (tertiary/aromatic N) is 3. The first-order valence-electron chi connectivity index (χ1n) is 17.5. The average molecular weight is 814 g/mol. The number of alkyl halides is 6. The van der Waals surface area contributed by atoms with Crippen LogP contribution in [0.5, 0.6) is 0 Å². The van der Waals surface area contributed by atoms with Crippen LogP contribution in [0.1, 0.15) is 50.5 Å². The van der Waals surface area contributed by atoms with Gasteiger partial charge in [-0.05, 0) is 119 Å². The van der Waals surface area contributed by atoms with E-state index in [1.807, 2.05) is 12.1 Å². The lowest BCUT2D eigenvalue weighted by molar-refractivity contribution is -0.192. The summed E-state index contributed by atoms with van der Waals surface area (Å²) in [5.74, 6) is -5.98. The van der Waals surface area contributed by atoms with Crippen LogP contribution >= 0.6 is 23.2 Å². The second kappa shape index (κ2) is 18.4. The number of hydrogen-bond acceptors (Lipinski definition) is 6. The maximum atomic E-state index is 13.9. The zero-order chi connectivity index (χ0) is 39.8. The number of piperidine rings is 2. The van der Waals surface area contributed by atoms with Gasteiger partial charge >= 0.3 is 18.3 Å².